The van der Waals surface area contributed by atoms with Gasteiger partial charge in [0.15, 0.2) is 0 Å². The van der Waals surface area contributed by atoms with Crippen molar-refractivity contribution in [2.75, 3.05) is 0 Å². The number of azide groups is 1. The highest BCUT2D eigenvalue weighted by molar-refractivity contribution is 5.82. The first-order valence-corrected chi connectivity index (χ1v) is 8.01. The Bertz CT molecular complexity index is 750. The van der Waals surface area contributed by atoms with E-state index in [9.17, 15) is 14.4 Å². The van der Waals surface area contributed by atoms with Crippen molar-refractivity contribution in [3.63, 3.8) is 0 Å². The van der Waals surface area contributed by atoms with Crippen LogP contribution in [0.25, 0.3) is 10.4 Å². The molecule has 132 valence electrons. The molecule has 0 saturated carbocycles. The lowest BCUT2D eigenvalue weighted by Crippen LogP contribution is -2.50. The normalized spacial score (nSPS) is 24.3. The number of nitrogens with zero attached hydrogens (tertiary/aromatic N) is 5. The quantitative estimate of drug-likeness (QED) is 0.513. The molecule has 1 aliphatic rings. The van der Waals surface area contributed by atoms with Crippen LogP contribution in [0.1, 0.15) is 38.8 Å². The van der Waals surface area contributed by atoms with E-state index in [1.807, 2.05) is 0 Å². The average Bonchev–Trinajstić information content (AvgIpc) is 2.94. The molecule has 1 aromatic carbocycles. The van der Waals surface area contributed by atoms with Crippen LogP contribution in [0.4, 0.5) is 4.39 Å². The first-order valence-electron chi connectivity index (χ1n) is 8.01. The molecule has 1 amide bonds. The zero-order valence-corrected chi connectivity index (χ0v) is 14.4. The van der Waals surface area contributed by atoms with Crippen LogP contribution in [0, 0.1) is 22.6 Å². The summed E-state index contributed by atoms with van der Waals surface area (Å²) in [6.07, 6.45) is 0.310. The van der Waals surface area contributed by atoms with E-state index in [-0.39, 0.29) is 5.91 Å². The zero-order valence-electron chi connectivity index (χ0n) is 14.4. The van der Waals surface area contributed by atoms with Gasteiger partial charge in [-0.3, -0.25) is 4.79 Å². The van der Waals surface area contributed by atoms with Crippen molar-refractivity contribution in [3.05, 3.63) is 46.1 Å². The van der Waals surface area contributed by atoms with Gasteiger partial charge in [0, 0.05) is 4.91 Å². The first-order chi connectivity index (χ1) is 11.7. The van der Waals surface area contributed by atoms with Crippen molar-refractivity contribution in [2.45, 2.75) is 51.4 Å². The summed E-state index contributed by atoms with van der Waals surface area (Å²) in [6, 6.07) is 5.48. The number of carbonyl (C=O) groups excluding carboxylic acids is 1. The third-order valence-corrected chi connectivity index (χ3v) is 4.62. The van der Waals surface area contributed by atoms with Crippen molar-refractivity contribution in [3.8, 4) is 6.07 Å². The van der Waals surface area contributed by atoms with Gasteiger partial charge in [0.2, 0.25) is 5.91 Å². The van der Waals surface area contributed by atoms with E-state index in [0.717, 1.165) is 0 Å². The summed E-state index contributed by atoms with van der Waals surface area (Å²) in [5.74, 6) is -0.813. The Balaban J connectivity index is 2.62. The van der Waals surface area contributed by atoms with E-state index in [2.05, 4.69) is 16.1 Å². The van der Waals surface area contributed by atoms with Crippen molar-refractivity contribution in [1.29, 1.82) is 5.26 Å². The van der Waals surface area contributed by atoms with Gasteiger partial charge < -0.3 is 10.6 Å². The van der Waals surface area contributed by atoms with E-state index in [1.54, 1.807) is 26.8 Å². The minimum Gasteiger partial charge on any atom is -0.329 e. The monoisotopic (exact) mass is 344 g/mol. The summed E-state index contributed by atoms with van der Waals surface area (Å²) in [7, 11) is 0. The maximum absolute atomic E-state index is 13.7. The second-order valence-electron chi connectivity index (χ2n) is 6.89. The van der Waals surface area contributed by atoms with Crippen LogP contribution in [-0.2, 0) is 4.79 Å². The van der Waals surface area contributed by atoms with Gasteiger partial charge in [-0.1, -0.05) is 17.2 Å². The average molecular weight is 344 g/mol. The number of halogens is 1. The fourth-order valence-electron chi connectivity index (χ4n) is 3.34. The number of amides is 1. The number of hydrogen-bond donors (Lipinski definition) is 1. The predicted octanol–water partition coefficient (Wildman–Crippen LogP) is 3.04. The van der Waals surface area contributed by atoms with Crippen LogP contribution in [0.2, 0.25) is 0 Å². The van der Waals surface area contributed by atoms with Crippen molar-refractivity contribution >= 4 is 5.91 Å². The molecule has 1 heterocycles. The Kier molecular flexibility index (Phi) is 5.31. The number of rotatable bonds is 4. The molecule has 8 heteroatoms. The van der Waals surface area contributed by atoms with Crippen molar-refractivity contribution in [1.82, 2.24) is 4.90 Å². The minimum absolute atomic E-state index is 0.310. The lowest BCUT2D eigenvalue weighted by Gasteiger charge is -2.37. The summed E-state index contributed by atoms with van der Waals surface area (Å²) < 4.78 is 13.7. The molecule has 0 radical (unpaired) electrons. The Hall–Kier alpha value is -2.62. The van der Waals surface area contributed by atoms with Gasteiger partial charge in [0.05, 0.1) is 35.7 Å². The van der Waals surface area contributed by atoms with Crippen LogP contribution < -0.4 is 5.73 Å². The summed E-state index contributed by atoms with van der Waals surface area (Å²) in [5.41, 5.74) is 14.4. The molecule has 1 aliphatic heterocycles. The van der Waals surface area contributed by atoms with Gasteiger partial charge >= 0.3 is 0 Å². The maximum Gasteiger partial charge on any atom is 0.240 e. The van der Waals surface area contributed by atoms with Gasteiger partial charge in [0.1, 0.15) is 5.82 Å². The van der Waals surface area contributed by atoms with Gasteiger partial charge in [-0.05, 0) is 50.4 Å². The number of nitrogens with two attached hydrogens (primary N) is 1. The molecule has 1 unspecified atom stereocenters. The molecule has 1 aromatic rings. The minimum atomic E-state index is -0.879. The van der Waals surface area contributed by atoms with Crippen LogP contribution >= 0.6 is 0 Å². The topological polar surface area (TPSA) is 119 Å². The smallest absolute Gasteiger partial charge is 0.240 e. The molecule has 0 bridgehead atoms. The summed E-state index contributed by atoms with van der Waals surface area (Å²) >= 11 is 0. The Morgan fingerprint density at radius 1 is 1.60 bits per heavy atom. The molecule has 0 aromatic heterocycles. The highest BCUT2D eigenvalue weighted by Crippen LogP contribution is 2.45. The standard InChI is InChI=1S/C17H21FN6O/c1-10(20)16(25)24-14(17(2,3)9-19)8-13(22-23-21)15(24)11-5-4-6-12(18)7-11/h4-7,10,13-15H,8,20H2,1-3H3/t10?,13-,14+,15+/m0/s1. The molecular weight excluding hydrogens is 323 g/mol. The second-order valence-corrected chi connectivity index (χ2v) is 6.89. The fraction of sp³-hybridized carbons (Fsp3) is 0.529. The predicted molar refractivity (Wildman–Crippen MR) is 90.4 cm³/mol. The van der Waals surface area contributed by atoms with E-state index in [0.29, 0.717) is 12.0 Å². The van der Waals surface area contributed by atoms with Crippen molar-refractivity contribution < 1.29 is 9.18 Å². The Labute approximate surface area is 145 Å². The molecule has 2 rings (SSSR count). The summed E-state index contributed by atoms with van der Waals surface area (Å²) in [6.45, 7) is 5.00. The van der Waals surface area contributed by atoms with Crippen LogP contribution in [-0.4, -0.2) is 28.9 Å². The van der Waals surface area contributed by atoms with Crippen LogP contribution in [0.15, 0.2) is 29.4 Å². The third kappa shape index (κ3) is 3.58. The maximum atomic E-state index is 13.7. The number of hydrogen-bond acceptors (Lipinski definition) is 4. The fourth-order valence-corrected chi connectivity index (χ4v) is 3.34. The Morgan fingerprint density at radius 2 is 2.28 bits per heavy atom. The van der Waals surface area contributed by atoms with E-state index < -0.39 is 35.4 Å². The molecule has 2 N–H and O–H groups in total. The van der Waals surface area contributed by atoms with E-state index in [4.69, 9.17) is 11.3 Å². The van der Waals surface area contributed by atoms with Gasteiger partial charge in [-0.15, -0.1) is 0 Å². The molecule has 1 saturated heterocycles. The van der Waals surface area contributed by atoms with Crippen LogP contribution in [0.5, 0.6) is 0 Å². The number of likely N-dealkylation sites (tertiary alicyclic amines) is 1. The first kappa shape index (κ1) is 18.7. The van der Waals surface area contributed by atoms with Gasteiger partial charge in [-0.2, -0.15) is 5.26 Å². The summed E-state index contributed by atoms with van der Waals surface area (Å²) in [4.78, 5) is 17.2. The Morgan fingerprint density at radius 3 is 2.80 bits per heavy atom. The van der Waals surface area contributed by atoms with Crippen LogP contribution in [0.3, 0.4) is 0 Å². The lowest BCUT2D eigenvalue weighted by molar-refractivity contribution is -0.137. The number of benzene rings is 1. The molecule has 1 fully saturated rings. The largest absolute Gasteiger partial charge is 0.329 e. The molecule has 7 nitrogen and oxygen atoms in total. The van der Waals surface area contributed by atoms with Gasteiger partial charge in [0.25, 0.3) is 0 Å². The molecule has 25 heavy (non-hydrogen) atoms. The highest BCUT2D eigenvalue weighted by atomic mass is 19.1. The SMILES string of the molecule is CC(N)C(=O)N1[C@H](c2cccc(F)c2)[C@@H](N=[N+]=[N-])C[C@@H]1C(C)(C)C#N. The lowest BCUT2D eigenvalue weighted by atomic mass is 9.84. The van der Waals surface area contributed by atoms with E-state index >= 15 is 0 Å². The zero-order chi connectivity index (χ0) is 18.8. The highest BCUT2D eigenvalue weighted by Gasteiger charge is 2.50. The van der Waals surface area contributed by atoms with Crippen molar-refractivity contribution in [2.24, 2.45) is 16.3 Å². The number of carbonyl (C=O) groups is 1. The second kappa shape index (κ2) is 7.09. The molecular formula is C17H21FN6O. The molecule has 4 atom stereocenters. The van der Waals surface area contributed by atoms with E-state index in [1.165, 1.54) is 23.1 Å². The number of nitriles is 1. The summed E-state index contributed by atoms with van der Waals surface area (Å²) in [5, 5.41) is 13.3. The molecule has 0 aliphatic carbocycles. The van der Waals surface area contributed by atoms with Gasteiger partial charge in [-0.25, -0.2) is 4.39 Å². The molecule has 0 spiro atoms. The third-order valence-electron chi connectivity index (χ3n) is 4.62.